The number of sulfone groups is 1. The molecule has 31 heavy (non-hydrogen) atoms. The number of carbonyl (C=O) groups excluding carboxylic acids is 1. The number of nitrogens with one attached hydrogen (secondary N) is 1. The predicted octanol–water partition coefficient (Wildman–Crippen LogP) is 1.01. The van der Waals surface area contributed by atoms with E-state index in [1.165, 1.54) is 0 Å². The summed E-state index contributed by atoms with van der Waals surface area (Å²) in [7, 11) is -2.92. The van der Waals surface area contributed by atoms with Crippen molar-refractivity contribution in [1.82, 2.24) is 25.4 Å². The fourth-order valence-corrected chi connectivity index (χ4v) is 5.42. The van der Waals surface area contributed by atoms with Crippen molar-refractivity contribution in [3.05, 3.63) is 35.5 Å². The quantitative estimate of drug-likeness (QED) is 0.698. The number of anilines is 1. The van der Waals surface area contributed by atoms with Crippen LogP contribution < -0.4 is 10.2 Å². The Morgan fingerprint density at radius 3 is 2.45 bits per heavy atom. The van der Waals surface area contributed by atoms with Gasteiger partial charge in [0.05, 0.1) is 29.9 Å². The standard InChI is InChI=1S/C20H25ClN6O3S/c21-16-3-1-15(2-4-16)18-13-22-25-20(24-18)27-9-7-26(8-10-27)14-19(28)23-17-5-11-31(29,30)12-6-17/h1-4,13,17H,5-12,14H2,(H,23,28). The molecule has 0 radical (unpaired) electrons. The Labute approximate surface area is 186 Å². The molecule has 0 atom stereocenters. The van der Waals surface area contributed by atoms with Gasteiger partial charge in [0.1, 0.15) is 9.84 Å². The molecule has 11 heteroatoms. The van der Waals surface area contributed by atoms with E-state index in [9.17, 15) is 13.2 Å². The first-order valence-corrected chi connectivity index (χ1v) is 12.5. The molecule has 166 valence electrons. The molecule has 0 aliphatic carbocycles. The Kier molecular flexibility index (Phi) is 6.68. The van der Waals surface area contributed by atoms with Crippen molar-refractivity contribution >= 4 is 33.3 Å². The summed E-state index contributed by atoms with van der Waals surface area (Å²) in [5.74, 6) is 0.819. The van der Waals surface area contributed by atoms with Gasteiger partial charge in [-0.2, -0.15) is 5.10 Å². The lowest BCUT2D eigenvalue weighted by Gasteiger charge is -2.34. The van der Waals surface area contributed by atoms with E-state index in [1.54, 1.807) is 6.20 Å². The number of hydrogen-bond acceptors (Lipinski definition) is 8. The zero-order valence-corrected chi connectivity index (χ0v) is 18.6. The third-order valence-corrected chi connectivity index (χ3v) is 7.60. The van der Waals surface area contributed by atoms with E-state index >= 15 is 0 Å². The summed E-state index contributed by atoms with van der Waals surface area (Å²) in [5.41, 5.74) is 1.66. The number of nitrogens with zero attached hydrogens (tertiary/aromatic N) is 5. The van der Waals surface area contributed by atoms with E-state index < -0.39 is 9.84 Å². The lowest BCUT2D eigenvalue weighted by atomic mass is 10.1. The molecule has 2 saturated heterocycles. The van der Waals surface area contributed by atoms with Crippen LogP contribution in [-0.4, -0.2) is 84.7 Å². The summed E-state index contributed by atoms with van der Waals surface area (Å²) in [6.07, 6.45) is 2.62. The second-order valence-corrected chi connectivity index (χ2v) is 10.6. The molecule has 2 fully saturated rings. The normalized spacial score (nSPS) is 19.8. The summed E-state index contributed by atoms with van der Waals surface area (Å²) in [6, 6.07) is 7.37. The van der Waals surface area contributed by atoms with E-state index in [-0.39, 0.29) is 23.5 Å². The van der Waals surface area contributed by atoms with Crippen molar-refractivity contribution in [3.8, 4) is 11.3 Å². The zero-order valence-electron chi connectivity index (χ0n) is 17.1. The number of hydrogen-bond donors (Lipinski definition) is 1. The van der Waals surface area contributed by atoms with Crippen LogP contribution in [0.25, 0.3) is 11.3 Å². The van der Waals surface area contributed by atoms with Crippen molar-refractivity contribution in [1.29, 1.82) is 0 Å². The highest BCUT2D eigenvalue weighted by molar-refractivity contribution is 7.91. The molecule has 1 aromatic carbocycles. The molecule has 1 aromatic heterocycles. The number of benzene rings is 1. The van der Waals surface area contributed by atoms with Gasteiger partial charge in [-0.1, -0.05) is 23.7 Å². The summed E-state index contributed by atoms with van der Waals surface area (Å²) in [4.78, 5) is 21.1. The summed E-state index contributed by atoms with van der Waals surface area (Å²) in [5, 5.41) is 11.9. The van der Waals surface area contributed by atoms with Gasteiger partial charge in [-0.25, -0.2) is 13.4 Å². The van der Waals surface area contributed by atoms with Crippen molar-refractivity contribution in [2.45, 2.75) is 18.9 Å². The van der Waals surface area contributed by atoms with Gasteiger partial charge in [0.2, 0.25) is 11.9 Å². The van der Waals surface area contributed by atoms with Gasteiger partial charge in [0.25, 0.3) is 0 Å². The Balaban J connectivity index is 1.27. The molecular weight excluding hydrogens is 440 g/mol. The maximum absolute atomic E-state index is 12.4. The van der Waals surface area contributed by atoms with Crippen molar-refractivity contribution in [2.24, 2.45) is 0 Å². The SMILES string of the molecule is O=C(CN1CCN(c2nncc(-c3ccc(Cl)cc3)n2)CC1)NC1CCS(=O)(=O)CC1. The minimum absolute atomic E-state index is 0.0487. The average molecular weight is 465 g/mol. The Morgan fingerprint density at radius 2 is 1.77 bits per heavy atom. The van der Waals surface area contributed by atoms with Crippen LogP contribution in [0, 0.1) is 0 Å². The molecule has 2 aliphatic heterocycles. The van der Waals surface area contributed by atoms with Crippen molar-refractivity contribution < 1.29 is 13.2 Å². The van der Waals surface area contributed by atoms with Crippen LogP contribution in [-0.2, 0) is 14.6 Å². The number of carbonyl (C=O) groups is 1. The highest BCUT2D eigenvalue weighted by Gasteiger charge is 2.26. The Bertz CT molecular complexity index is 1010. The molecule has 9 nitrogen and oxygen atoms in total. The van der Waals surface area contributed by atoms with Gasteiger partial charge < -0.3 is 10.2 Å². The smallest absolute Gasteiger partial charge is 0.245 e. The highest BCUT2D eigenvalue weighted by Crippen LogP contribution is 2.21. The molecule has 0 bridgehead atoms. The number of piperazine rings is 1. The van der Waals surface area contributed by atoms with Gasteiger partial charge in [-0.05, 0) is 25.0 Å². The topological polar surface area (TPSA) is 108 Å². The van der Waals surface area contributed by atoms with Gasteiger partial charge in [-0.3, -0.25) is 9.69 Å². The largest absolute Gasteiger partial charge is 0.352 e. The minimum atomic E-state index is -2.92. The maximum Gasteiger partial charge on any atom is 0.245 e. The van der Waals surface area contributed by atoms with Crippen molar-refractivity contribution in [3.63, 3.8) is 0 Å². The first-order chi connectivity index (χ1) is 14.9. The number of amides is 1. The average Bonchev–Trinajstić information content (AvgIpc) is 2.76. The van der Waals surface area contributed by atoms with Crippen LogP contribution in [0.4, 0.5) is 5.95 Å². The second-order valence-electron chi connectivity index (χ2n) is 7.91. The van der Waals surface area contributed by atoms with E-state index in [1.807, 2.05) is 24.3 Å². The molecule has 1 amide bonds. The Hall–Kier alpha value is -2.30. The molecule has 1 N–H and O–H groups in total. The summed E-state index contributed by atoms with van der Waals surface area (Å²) >= 11 is 5.95. The first kappa shape index (κ1) is 21.9. The third kappa shape index (κ3) is 5.90. The molecule has 0 unspecified atom stereocenters. The predicted molar refractivity (Wildman–Crippen MR) is 119 cm³/mol. The summed E-state index contributed by atoms with van der Waals surface area (Å²) < 4.78 is 23.0. The molecule has 3 heterocycles. The van der Waals surface area contributed by atoms with E-state index in [0.717, 1.165) is 11.3 Å². The second kappa shape index (κ2) is 9.46. The first-order valence-electron chi connectivity index (χ1n) is 10.3. The van der Waals surface area contributed by atoms with Crippen LogP contribution in [0.5, 0.6) is 0 Å². The van der Waals surface area contributed by atoms with Crippen LogP contribution in [0.1, 0.15) is 12.8 Å². The molecular formula is C20H25ClN6O3S. The number of rotatable bonds is 5. The number of aromatic nitrogens is 3. The maximum atomic E-state index is 12.4. The van der Waals surface area contributed by atoms with Gasteiger partial charge in [0, 0.05) is 42.8 Å². The fourth-order valence-electron chi connectivity index (χ4n) is 3.80. The van der Waals surface area contributed by atoms with Gasteiger partial charge in [0.15, 0.2) is 0 Å². The molecule has 4 rings (SSSR count). The van der Waals surface area contributed by atoms with Crippen LogP contribution in [0.15, 0.2) is 30.5 Å². The van der Waals surface area contributed by atoms with E-state index in [4.69, 9.17) is 11.6 Å². The highest BCUT2D eigenvalue weighted by atomic mass is 35.5. The molecule has 2 aromatic rings. The monoisotopic (exact) mass is 464 g/mol. The van der Waals surface area contributed by atoms with Gasteiger partial charge >= 0.3 is 0 Å². The Morgan fingerprint density at radius 1 is 1.10 bits per heavy atom. The van der Waals surface area contributed by atoms with Gasteiger partial charge in [-0.15, -0.1) is 5.10 Å². The fraction of sp³-hybridized carbons (Fsp3) is 0.500. The molecule has 0 spiro atoms. The van der Waals surface area contributed by atoms with E-state index in [2.05, 4.69) is 30.3 Å². The minimum Gasteiger partial charge on any atom is -0.352 e. The van der Waals surface area contributed by atoms with Crippen molar-refractivity contribution in [2.75, 3.05) is 49.1 Å². The molecule has 0 saturated carbocycles. The molecule has 2 aliphatic rings. The lowest BCUT2D eigenvalue weighted by Crippen LogP contribution is -2.51. The van der Waals surface area contributed by atoms with E-state index in [0.29, 0.717) is 56.5 Å². The number of halogens is 1. The van der Waals surface area contributed by atoms with Crippen LogP contribution in [0.3, 0.4) is 0 Å². The van der Waals surface area contributed by atoms with Crippen LogP contribution >= 0.6 is 11.6 Å². The lowest BCUT2D eigenvalue weighted by molar-refractivity contribution is -0.123. The zero-order chi connectivity index (χ0) is 21.8. The third-order valence-electron chi connectivity index (χ3n) is 5.63. The summed E-state index contributed by atoms with van der Waals surface area (Å²) in [6.45, 7) is 3.12. The van der Waals surface area contributed by atoms with Crippen LogP contribution in [0.2, 0.25) is 5.02 Å².